The number of aryl methyl sites for hydroxylation is 1. The largest absolute Gasteiger partial charge is 0.155 e. The second kappa shape index (κ2) is 5.40. The van der Waals surface area contributed by atoms with Crippen LogP contribution in [0.25, 0.3) is 11.3 Å². The number of rotatable bonds is 4. The van der Waals surface area contributed by atoms with Crippen LogP contribution >= 0.6 is 0 Å². The third-order valence-electron chi connectivity index (χ3n) is 2.58. The summed E-state index contributed by atoms with van der Waals surface area (Å²) in [7, 11) is 0. The summed E-state index contributed by atoms with van der Waals surface area (Å²) in [6.07, 6.45) is 3.40. The maximum atomic E-state index is 4.25. The van der Waals surface area contributed by atoms with Crippen LogP contribution in [0.3, 0.4) is 0 Å². The van der Waals surface area contributed by atoms with Crippen molar-refractivity contribution in [2.45, 2.75) is 26.2 Å². The first-order chi connectivity index (χ1) is 7.90. The summed E-state index contributed by atoms with van der Waals surface area (Å²) >= 11 is 0. The smallest absolute Gasteiger partial charge is 0.0929 e. The molecule has 0 saturated heterocycles. The molecule has 0 aliphatic carbocycles. The average molecular weight is 212 g/mol. The second-order valence-corrected chi connectivity index (χ2v) is 3.88. The summed E-state index contributed by atoms with van der Waals surface area (Å²) in [5.41, 5.74) is 3.15. The van der Waals surface area contributed by atoms with E-state index in [2.05, 4.69) is 35.3 Å². The number of hydrogen-bond donors (Lipinski definition) is 0. The fraction of sp³-hybridized carbons (Fsp3) is 0.286. The van der Waals surface area contributed by atoms with Crippen molar-refractivity contribution in [3.8, 4) is 11.3 Å². The lowest BCUT2D eigenvalue weighted by molar-refractivity contribution is 0.760. The van der Waals surface area contributed by atoms with Crippen LogP contribution in [-0.2, 0) is 6.42 Å². The molecule has 0 amide bonds. The van der Waals surface area contributed by atoms with Crippen molar-refractivity contribution in [1.82, 2.24) is 10.2 Å². The van der Waals surface area contributed by atoms with E-state index in [9.17, 15) is 0 Å². The molecule has 2 heteroatoms. The van der Waals surface area contributed by atoms with Crippen molar-refractivity contribution in [2.24, 2.45) is 0 Å². The summed E-state index contributed by atoms with van der Waals surface area (Å²) in [5.74, 6) is 0. The van der Waals surface area contributed by atoms with Crippen LogP contribution in [0.1, 0.15) is 25.5 Å². The molecule has 0 unspecified atom stereocenters. The molecule has 0 saturated carbocycles. The summed E-state index contributed by atoms with van der Waals surface area (Å²) < 4.78 is 0. The zero-order valence-electron chi connectivity index (χ0n) is 9.56. The van der Waals surface area contributed by atoms with Crippen LogP contribution in [-0.4, -0.2) is 10.2 Å². The van der Waals surface area contributed by atoms with Gasteiger partial charge in [0.15, 0.2) is 0 Å². The van der Waals surface area contributed by atoms with Gasteiger partial charge in [-0.2, -0.15) is 10.2 Å². The molecule has 0 fully saturated rings. The van der Waals surface area contributed by atoms with E-state index in [1.165, 1.54) is 12.8 Å². The van der Waals surface area contributed by atoms with Crippen molar-refractivity contribution in [3.05, 3.63) is 48.2 Å². The molecule has 82 valence electrons. The van der Waals surface area contributed by atoms with Crippen LogP contribution in [0.2, 0.25) is 0 Å². The number of unbranched alkanes of at least 4 members (excludes halogenated alkanes) is 1. The standard InChI is InChI=1S/C14H16N2/c1-2-3-9-13-10-11-14(16-15-13)12-7-5-4-6-8-12/h4-8,10-11H,2-3,9H2,1H3. The first kappa shape index (κ1) is 10.8. The van der Waals surface area contributed by atoms with Crippen molar-refractivity contribution < 1.29 is 0 Å². The maximum absolute atomic E-state index is 4.25. The molecule has 0 bridgehead atoms. The van der Waals surface area contributed by atoms with Gasteiger partial charge in [0.05, 0.1) is 11.4 Å². The van der Waals surface area contributed by atoms with Crippen LogP contribution in [0.5, 0.6) is 0 Å². The predicted octanol–water partition coefficient (Wildman–Crippen LogP) is 3.49. The molecular formula is C14H16N2. The van der Waals surface area contributed by atoms with E-state index in [4.69, 9.17) is 0 Å². The van der Waals surface area contributed by atoms with Crippen molar-refractivity contribution in [1.29, 1.82) is 0 Å². The Hall–Kier alpha value is -1.70. The monoisotopic (exact) mass is 212 g/mol. The minimum atomic E-state index is 0.945. The van der Waals surface area contributed by atoms with Gasteiger partial charge in [-0.15, -0.1) is 0 Å². The number of benzene rings is 1. The molecule has 0 radical (unpaired) electrons. The lowest BCUT2D eigenvalue weighted by Gasteiger charge is -2.01. The van der Waals surface area contributed by atoms with Gasteiger partial charge in [-0.05, 0) is 25.0 Å². The predicted molar refractivity (Wildman–Crippen MR) is 66.1 cm³/mol. The van der Waals surface area contributed by atoms with Gasteiger partial charge in [0.25, 0.3) is 0 Å². The fourth-order valence-corrected chi connectivity index (χ4v) is 1.61. The van der Waals surface area contributed by atoms with Gasteiger partial charge in [-0.3, -0.25) is 0 Å². The zero-order valence-corrected chi connectivity index (χ0v) is 9.56. The molecule has 16 heavy (non-hydrogen) atoms. The average Bonchev–Trinajstić information content (AvgIpc) is 2.38. The number of hydrogen-bond acceptors (Lipinski definition) is 2. The van der Waals surface area contributed by atoms with Gasteiger partial charge in [-0.1, -0.05) is 43.7 Å². The molecular weight excluding hydrogens is 196 g/mol. The summed E-state index contributed by atoms with van der Waals surface area (Å²) in [5, 5.41) is 8.49. The van der Waals surface area contributed by atoms with Crippen molar-refractivity contribution in [3.63, 3.8) is 0 Å². The van der Waals surface area contributed by atoms with E-state index >= 15 is 0 Å². The van der Waals surface area contributed by atoms with E-state index in [0.717, 1.165) is 23.4 Å². The van der Waals surface area contributed by atoms with Crippen molar-refractivity contribution in [2.75, 3.05) is 0 Å². The van der Waals surface area contributed by atoms with E-state index in [1.54, 1.807) is 0 Å². The maximum Gasteiger partial charge on any atom is 0.0929 e. The minimum Gasteiger partial charge on any atom is -0.155 e. The Morgan fingerprint density at radius 3 is 2.38 bits per heavy atom. The third-order valence-corrected chi connectivity index (χ3v) is 2.58. The lowest BCUT2D eigenvalue weighted by atomic mass is 10.1. The van der Waals surface area contributed by atoms with Gasteiger partial charge in [0, 0.05) is 5.56 Å². The Bertz CT molecular complexity index is 420. The van der Waals surface area contributed by atoms with Crippen LogP contribution in [0.4, 0.5) is 0 Å². The van der Waals surface area contributed by atoms with E-state index in [1.807, 2.05) is 24.3 Å². The van der Waals surface area contributed by atoms with Gasteiger partial charge in [0.1, 0.15) is 0 Å². The Kier molecular flexibility index (Phi) is 3.65. The zero-order chi connectivity index (χ0) is 11.2. The van der Waals surface area contributed by atoms with E-state index < -0.39 is 0 Å². The molecule has 0 aliphatic rings. The minimum absolute atomic E-state index is 0.945. The topological polar surface area (TPSA) is 25.8 Å². The molecule has 1 aromatic carbocycles. The van der Waals surface area contributed by atoms with Gasteiger partial charge < -0.3 is 0 Å². The molecule has 0 N–H and O–H groups in total. The lowest BCUT2D eigenvalue weighted by Crippen LogP contribution is -1.94. The highest BCUT2D eigenvalue weighted by molar-refractivity contribution is 5.57. The van der Waals surface area contributed by atoms with Gasteiger partial charge in [0.2, 0.25) is 0 Å². The molecule has 1 heterocycles. The molecule has 0 atom stereocenters. The van der Waals surface area contributed by atoms with Gasteiger partial charge in [-0.25, -0.2) is 0 Å². The van der Waals surface area contributed by atoms with Crippen LogP contribution < -0.4 is 0 Å². The van der Waals surface area contributed by atoms with Gasteiger partial charge >= 0.3 is 0 Å². The van der Waals surface area contributed by atoms with Crippen molar-refractivity contribution >= 4 is 0 Å². The fourth-order valence-electron chi connectivity index (χ4n) is 1.61. The Labute approximate surface area is 96.4 Å². The summed E-state index contributed by atoms with van der Waals surface area (Å²) in [6.45, 7) is 2.19. The van der Waals surface area contributed by atoms with Crippen LogP contribution in [0.15, 0.2) is 42.5 Å². The molecule has 2 nitrogen and oxygen atoms in total. The molecule has 0 aliphatic heterocycles. The first-order valence-electron chi connectivity index (χ1n) is 5.78. The van der Waals surface area contributed by atoms with E-state index in [-0.39, 0.29) is 0 Å². The summed E-state index contributed by atoms with van der Waals surface area (Å²) in [4.78, 5) is 0. The molecule has 2 rings (SSSR count). The molecule has 2 aromatic rings. The Morgan fingerprint density at radius 1 is 0.938 bits per heavy atom. The van der Waals surface area contributed by atoms with Crippen LogP contribution in [0, 0.1) is 0 Å². The highest BCUT2D eigenvalue weighted by Crippen LogP contribution is 2.15. The molecule has 1 aromatic heterocycles. The normalized spacial score (nSPS) is 10.3. The van der Waals surface area contributed by atoms with E-state index in [0.29, 0.717) is 0 Å². The second-order valence-electron chi connectivity index (χ2n) is 3.88. The highest BCUT2D eigenvalue weighted by atomic mass is 15.1. The number of nitrogens with zero attached hydrogens (tertiary/aromatic N) is 2. The number of aromatic nitrogens is 2. The quantitative estimate of drug-likeness (QED) is 0.775. The SMILES string of the molecule is CCCCc1ccc(-c2ccccc2)nn1. The third kappa shape index (κ3) is 2.66. The Balaban J connectivity index is 2.13. The molecule has 0 spiro atoms. The first-order valence-corrected chi connectivity index (χ1v) is 5.78. The highest BCUT2D eigenvalue weighted by Gasteiger charge is 1.99. The Morgan fingerprint density at radius 2 is 1.75 bits per heavy atom. The summed E-state index contributed by atoms with van der Waals surface area (Å²) in [6, 6.07) is 14.3.